The molecule has 0 bridgehead atoms. The maximum absolute atomic E-state index is 12.5. The van der Waals surface area contributed by atoms with Gasteiger partial charge in [0.05, 0.1) is 16.2 Å². The van der Waals surface area contributed by atoms with E-state index < -0.39 is 9.84 Å². The molecule has 0 fully saturated rings. The van der Waals surface area contributed by atoms with Gasteiger partial charge in [-0.3, -0.25) is 4.79 Å². The minimum Gasteiger partial charge on any atom is -0.455 e. The molecule has 0 spiro atoms. The number of aromatic amines is 1. The smallest absolute Gasteiger partial charge is 0.272 e. The molecule has 2 heterocycles. The second-order valence-electron chi connectivity index (χ2n) is 6.99. The molecule has 0 saturated heterocycles. The van der Waals surface area contributed by atoms with Crippen LogP contribution in [0.2, 0.25) is 0 Å². The Labute approximate surface area is 179 Å². The number of aryl methyl sites for hydroxylation is 1. The van der Waals surface area contributed by atoms with E-state index in [1.54, 1.807) is 73.4 Å². The van der Waals surface area contributed by atoms with Crippen LogP contribution in [0.4, 0.5) is 0 Å². The van der Waals surface area contributed by atoms with Gasteiger partial charge in [0.1, 0.15) is 23.1 Å². The molecule has 0 radical (unpaired) electrons. The first-order valence-electron chi connectivity index (χ1n) is 9.56. The highest BCUT2D eigenvalue weighted by Gasteiger charge is 2.20. The fourth-order valence-electron chi connectivity index (χ4n) is 3.52. The van der Waals surface area contributed by atoms with Crippen LogP contribution in [0.5, 0.6) is 11.5 Å². The Morgan fingerprint density at radius 1 is 1.10 bits per heavy atom. The van der Waals surface area contributed by atoms with Crippen molar-refractivity contribution in [3.05, 3.63) is 76.8 Å². The van der Waals surface area contributed by atoms with E-state index in [4.69, 9.17) is 4.74 Å². The van der Waals surface area contributed by atoms with Crippen LogP contribution >= 0.6 is 0 Å². The Kier molecular flexibility index (Phi) is 5.13. The quantitative estimate of drug-likeness (QED) is 0.512. The molecule has 0 aliphatic rings. The molecule has 31 heavy (non-hydrogen) atoms. The lowest BCUT2D eigenvalue weighted by molar-refractivity contribution is 0.482. The first kappa shape index (κ1) is 20.4. The topological polar surface area (TPSA) is 105 Å². The van der Waals surface area contributed by atoms with Crippen LogP contribution in [0.3, 0.4) is 0 Å². The van der Waals surface area contributed by atoms with Gasteiger partial charge in [-0.1, -0.05) is 19.1 Å². The molecule has 2 aromatic carbocycles. The van der Waals surface area contributed by atoms with E-state index in [9.17, 15) is 18.5 Å². The SMILES string of the molecule is CCS(=O)(=O)c1ccc(Oc2ccccc2C#N)c(-c2cn(C)c3c(=O)[nH]ccc23)c1. The average Bonchev–Trinajstić information content (AvgIpc) is 3.12. The molecule has 7 nitrogen and oxygen atoms in total. The number of fused-ring (bicyclic) bond motifs is 1. The van der Waals surface area contributed by atoms with Crippen molar-refractivity contribution in [1.82, 2.24) is 9.55 Å². The summed E-state index contributed by atoms with van der Waals surface area (Å²) in [6, 6.07) is 15.3. The normalized spacial score (nSPS) is 11.4. The van der Waals surface area contributed by atoms with E-state index >= 15 is 0 Å². The van der Waals surface area contributed by atoms with Gasteiger partial charge in [-0.25, -0.2) is 8.42 Å². The number of rotatable bonds is 5. The molecule has 4 rings (SSSR count). The van der Waals surface area contributed by atoms with Crippen LogP contribution in [0.25, 0.3) is 22.0 Å². The Morgan fingerprint density at radius 2 is 1.87 bits per heavy atom. The summed E-state index contributed by atoms with van der Waals surface area (Å²) in [6.07, 6.45) is 3.31. The van der Waals surface area contributed by atoms with Crippen LogP contribution in [0.15, 0.2) is 70.6 Å². The molecule has 4 aromatic rings. The standard InChI is InChI=1S/C23H19N3O4S/c1-3-31(28,29)16-8-9-21(30-20-7-5-4-6-15(20)13-24)18(12-16)19-14-26(2)22-17(19)10-11-25-23(22)27/h4-12,14H,3H2,1-2H3,(H,25,27). The Bertz CT molecular complexity index is 1510. The lowest BCUT2D eigenvalue weighted by atomic mass is 10.0. The van der Waals surface area contributed by atoms with E-state index in [-0.39, 0.29) is 16.2 Å². The van der Waals surface area contributed by atoms with Crippen LogP contribution in [-0.2, 0) is 16.9 Å². The summed E-state index contributed by atoms with van der Waals surface area (Å²) in [5.74, 6) is 0.694. The highest BCUT2D eigenvalue weighted by molar-refractivity contribution is 7.91. The van der Waals surface area contributed by atoms with Crippen molar-refractivity contribution in [2.75, 3.05) is 5.75 Å². The predicted octanol–water partition coefficient (Wildman–Crippen LogP) is 3.99. The summed E-state index contributed by atoms with van der Waals surface area (Å²) < 4.78 is 32.8. The number of sulfone groups is 1. The van der Waals surface area contributed by atoms with Crippen LogP contribution < -0.4 is 10.3 Å². The first-order valence-corrected chi connectivity index (χ1v) is 11.2. The Morgan fingerprint density at radius 3 is 2.61 bits per heavy atom. The lowest BCUT2D eigenvalue weighted by Gasteiger charge is -2.14. The zero-order valence-electron chi connectivity index (χ0n) is 16.9. The minimum atomic E-state index is -3.47. The summed E-state index contributed by atoms with van der Waals surface area (Å²) in [5.41, 5.74) is 1.73. The van der Waals surface area contributed by atoms with Crippen molar-refractivity contribution in [1.29, 1.82) is 5.26 Å². The molecule has 1 N–H and O–H groups in total. The number of hydrogen-bond donors (Lipinski definition) is 1. The number of pyridine rings is 1. The number of hydrogen-bond acceptors (Lipinski definition) is 5. The molecule has 0 atom stereocenters. The Balaban J connectivity index is 1.99. The number of para-hydroxylation sites is 1. The van der Waals surface area contributed by atoms with E-state index in [0.29, 0.717) is 39.1 Å². The summed E-state index contributed by atoms with van der Waals surface area (Å²) in [6.45, 7) is 1.58. The van der Waals surface area contributed by atoms with E-state index in [1.165, 1.54) is 6.07 Å². The summed E-state index contributed by atoms with van der Waals surface area (Å²) in [7, 11) is -1.72. The van der Waals surface area contributed by atoms with Gasteiger partial charge in [-0.15, -0.1) is 0 Å². The first-order chi connectivity index (χ1) is 14.9. The molecular weight excluding hydrogens is 414 g/mol. The van der Waals surface area contributed by atoms with Gasteiger partial charge in [-0.2, -0.15) is 5.26 Å². The molecule has 0 amide bonds. The van der Waals surface area contributed by atoms with Crippen molar-refractivity contribution >= 4 is 20.7 Å². The molecule has 8 heteroatoms. The van der Waals surface area contributed by atoms with Crippen LogP contribution in [-0.4, -0.2) is 23.7 Å². The number of nitrogens with one attached hydrogen (secondary N) is 1. The third-order valence-electron chi connectivity index (χ3n) is 5.11. The number of H-pyrrole nitrogens is 1. The molecule has 156 valence electrons. The second-order valence-corrected chi connectivity index (χ2v) is 9.27. The number of nitrogens with zero attached hydrogens (tertiary/aromatic N) is 2. The molecule has 0 saturated carbocycles. The van der Waals surface area contributed by atoms with Crippen molar-refractivity contribution in [3.63, 3.8) is 0 Å². The Hall–Kier alpha value is -3.83. The van der Waals surface area contributed by atoms with E-state index in [1.807, 2.05) is 0 Å². The summed E-state index contributed by atoms with van der Waals surface area (Å²) >= 11 is 0. The largest absolute Gasteiger partial charge is 0.455 e. The van der Waals surface area contributed by atoms with Crippen molar-refractivity contribution < 1.29 is 13.2 Å². The fourth-order valence-corrected chi connectivity index (χ4v) is 4.42. The molecule has 2 aromatic heterocycles. The number of aromatic nitrogens is 2. The van der Waals surface area contributed by atoms with Gasteiger partial charge in [0.2, 0.25) is 0 Å². The van der Waals surface area contributed by atoms with Crippen molar-refractivity contribution in [2.24, 2.45) is 7.05 Å². The zero-order valence-corrected chi connectivity index (χ0v) is 17.7. The fraction of sp³-hybridized carbons (Fsp3) is 0.130. The van der Waals surface area contributed by atoms with Gasteiger partial charge >= 0.3 is 0 Å². The van der Waals surface area contributed by atoms with E-state index in [0.717, 1.165) is 0 Å². The van der Waals surface area contributed by atoms with Crippen LogP contribution in [0.1, 0.15) is 12.5 Å². The highest BCUT2D eigenvalue weighted by atomic mass is 32.2. The van der Waals surface area contributed by atoms with Crippen molar-refractivity contribution in [2.45, 2.75) is 11.8 Å². The number of nitriles is 1. The van der Waals surface area contributed by atoms with Gasteiger partial charge in [0.15, 0.2) is 9.84 Å². The maximum Gasteiger partial charge on any atom is 0.272 e. The van der Waals surface area contributed by atoms with Gasteiger partial charge < -0.3 is 14.3 Å². The van der Waals surface area contributed by atoms with Crippen molar-refractivity contribution in [3.8, 4) is 28.7 Å². The highest BCUT2D eigenvalue weighted by Crippen LogP contribution is 2.39. The molecular formula is C23H19N3O4S. The number of ether oxygens (including phenoxy) is 1. The van der Waals surface area contributed by atoms with Gasteiger partial charge in [0, 0.05) is 36.0 Å². The number of benzene rings is 2. The van der Waals surface area contributed by atoms with E-state index in [2.05, 4.69) is 11.1 Å². The monoisotopic (exact) mass is 433 g/mol. The molecule has 0 aliphatic carbocycles. The van der Waals surface area contributed by atoms with Crippen LogP contribution in [0, 0.1) is 11.3 Å². The molecule has 0 aliphatic heterocycles. The maximum atomic E-state index is 12.5. The zero-order chi connectivity index (χ0) is 22.2. The lowest BCUT2D eigenvalue weighted by Crippen LogP contribution is -2.07. The average molecular weight is 433 g/mol. The minimum absolute atomic E-state index is 0.0425. The predicted molar refractivity (Wildman–Crippen MR) is 118 cm³/mol. The summed E-state index contributed by atoms with van der Waals surface area (Å²) in [4.78, 5) is 15.2. The second kappa shape index (κ2) is 7.78. The third kappa shape index (κ3) is 3.60. The van der Waals surface area contributed by atoms with Gasteiger partial charge in [0.25, 0.3) is 5.56 Å². The van der Waals surface area contributed by atoms with Gasteiger partial charge in [-0.05, 0) is 36.4 Å². The summed E-state index contributed by atoms with van der Waals surface area (Å²) in [5, 5.41) is 10.1. The molecule has 0 unspecified atom stereocenters. The third-order valence-corrected chi connectivity index (χ3v) is 6.84.